The molecule has 0 saturated carbocycles. The lowest BCUT2D eigenvalue weighted by Crippen LogP contribution is -2.33. The molecule has 118 valence electrons. The summed E-state index contributed by atoms with van der Waals surface area (Å²) < 4.78 is 0. The first-order chi connectivity index (χ1) is 11.0. The van der Waals surface area contributed by atoms with Gasteiger partial charge in [0.25, 0.3) is 5.91 Å². The molecule has 3 aromatic carbocycles. The Morgan fingerprint density at radius 2 is 1.70 bits per heavy atom. The monoisotopic (exact) mass is 307 g/mol. The maximum Gasteiger partial charge on any atom is 0.254 e. The number of aliphatic hydroxyl groups is 1. The average Bonchev–Trinajstić information content (AvgIpc) is 2.58. The second-order valence-corrected chi connectivity index (χ2v) is 6.15. The third-order valence-electron chi connectivity index (χ3n) is 4.48. The van der Waals surface area contributed by atoms with Gasteiger partial charge in [-0.05, 0) is 35.6 Å². The molecule has 0 fully saturated rings. The Bertz CT molecular complexity index is 883. The van der Waals surface area contributed by atoms with Crippen molar-refractivity contribution >= 4 is 27.5 Å². The molecule has 3 aromatic rings. The summed E-state index contributed by atoms with van der Waals surface area (Å²) in [7, 11) is 1.80. The molecule has 23 heavy (non-hydrogen) atoms. The number of amides is 1. The topological polar surface area (TPSA) is 40.5 Å². The molecule has 0 aliphatic carbocycles. The van der Waals surface area contributed by atoms with Gasteiger partial charge in [0, 0.05) is 18.5 Å². The Labute approximate surface area is 136 Å². The van der Waals surface area contributed by atoms with Crippen molar-refractivity contribution in [1.29, 1.82) is 0 Å². The molecule has 0 aromatic heterocycles. The van der Waals surface area contributed by atoms with E-state index in [4.69, 9.17) is 0 Å². The fraction of sp³-hybridized carbons (Fsp3) is 0.250. The van der Waals surface area contributed by atoms with Gasteiger partial charge in [0.2, 0.25) is 0 Å². The number of aliphatic hydroxyl groups excluding tert-OH is 1. The highest BCUT2D eigenvalue weighted by Gasteiger charge is 2.21. The van der Waals surface area contributed by atoms with Crippen LogP contribution in [0.25, 0.3) is 21.5 Å². The van der Waals surface area contributed by atoms with Gasteiger partial charge in [-0.15, -0.1) is 0 Å². The van der Waals surface area contributed by atoms with Crippen molar-refractivity contribution in [2.75, 3.05) is 7.05 Å². The van der Waals surface area contributed by atoms with E-state index >= 15 is 0 Å². The molecule has 0 aliphatic rings. The minimum atomic E-state index is -0.147. The average molecular weight is 307 g/mol. The molecule has 0 saturated heterocycles. The fourth-order valence-electron chi connectivity index (χ4n) is 2.93. The molecule has 0 spiro atoms. The Morgan fingerprint density at radius 3 is 2.39 bits per heavy atom. The smallest absolute Gasteiger partial charge is 0.254 e. The van der Waals surface area contributed by atoms with Crippen molar-refractivity contribution in [3.8, 4) is 0 Å². The predicted octanol–water partition coefficient (Wildman–Crippen LogP) is 3.97. The number of carbonyl (C=O) groups is 1. The first-order valence-electron chi connectivity index (χ1n) is 7.86. The van der Waals surface area contributed by atoms with Gasteiger partial charge in [-0.3, -0.25) is 4.79 Å². The molecule has 3 rings (SSSR count). The normalized spacial score (nSPS) is 11.3. The number of carbonyl (C=O) groups excluding carboxylic acids is 1. The number of hydrogen-bond donors (Lipinski definition) is 1. The number of fused-ring (bicyclic) bond motifs is 3. The van der Waals surface area contributed by atoms with Crippen LogP contribution in [0.1, 0.15) is 29.8 Å². The summed E-state index contributed by atoms with van der Waals surface area (Å²) in [4.78, 5) is 14.8. The molecule has 3 heteroatoms. The van der Waals surface area contributed by atoms with Gasteiger partial charge < -0.3 is 10.0 Å². The van der Waals surface area contributed by atoms with Crippen LogP contribution < -0.4 is 0 Å². The largest absolute Gasteiger partial charge is 0.392 e. The van der Waals surface area contributed by atoms with Crippen LogP contribution in [-0.4, -0.2) is 29.0 Å². The van der Waals surface area contributed by atoms with Gasteiger partial charge in [0.05, 0.1) is 12.2 Å². The van der Waals surface area contributed by atoms with Gasteiger partial charge in [0.1, 0.15) is 0 Å². The van der Waals surface area contributed by atoms with Gasteiger partial charge in [-0.2, -0.15) is 0 Å². The van der Waals surface area contributed by atoms with Crippen LogP contribution in [0.2, 0.25) is 0 Å². The summed E-state index contributed by atoms with van der Waals surface area (Å²) in [6.45, 7) is 3.83. The van der Waals surface area contributed by atoms with Crippen LogP contribution in [0.15, 0.2) is 48.5 Å². The zero-order valence-corrected chi connectivity index (χ0v) is 13.7. The van der Waals surface area contributed by atoms with Crippen LogP contribution in [0.3, 0.4) is 0 Å². The number of benzene rings is 3. The van der Waals surface area contributed by atoms with E-state index in [1.165, 1.54) is 0 Å². The van der Waals surface area contributed by atoms with Gasteiger partial charge in [-0.25, -0.2) is 0 Å². The molecule has 0 unspecified atom stereocenters. The van der Waals surface area contributed by atoms with Crippen molar-refractivity contribution in [3.05, 3.63) is 59.7 Å². The lowest BCUT2D eigenvalue weighted by atomic mass is 9.93. The fourth-order valence-corrected chi connectivity index (χ4v) is 2.93. The lowest BCUT2D eigenvalue weighted by Gasteiger charge is -2.24. The molecule has 1 amide bonds. The van der Waals surface area contributed by atoms with Crippen molar-refractivity contribution in [2.24, 2.45) is 0 Å². The number of nitrogens with zero attached hydrogens (tertiary/aromatic N) is 1. The summed E-state index contributed by atoms with van der Waals surface area (Å²) in [6.07, 6.45) is 0. The molecule has 0 heterocycles. The Balaban J connectivity index is 2.41. The Morgan fingerprint density at radius 1 is 1.04 bits per heavy atom. The summed E-state index contributed by atoms with van der Waals surface area (Å²) in [5, 5.41) is 13.8. The van der Waals surface area contributed by atoms with Gasteiger partial charge >= 0.3 is 0 Å². The van der Waals surface area contributed by atoms with Crippen molar-refractivity contribution in [1.82, 2.24) is 4.90 Å². The van der Waals surface area contributed by atoms with Gasteiger partial charge in [0.15, 0.2) is 0 Å². The lowest BCUT2D eigenvalue weighted by molar-refractivity contribution is 0.0754. The Kier molecular flexibility index (Phi) is 4.05. The van der Waals surface area contributed by atoms with Crippen LogP contribution in [0.4, 0.5) is 0 Å². The molecule has 0 radical (unpaired) electrons. The molecular weight excluding hydrogens is 286 g/mol. The zero-order chi connectivity index (χ0) is 16.6. The quantitative estimate of drug-likeness (QED) is 0.744. The van der Waals surface area contributed by atoms with Crippen molar-refractivity contribution in [2.45, 2.75) is 26.5 Å². The third-order valence-corrected chi connectivity index (χ3v) is 4.48. The minimum absolute atomic E-state index is 0.0500. The summed E-state index contributed by atoms with van der Waals surface area (Å²) in [6, 6.07) is 16.1. The third kappa shape index (κ3) is 2.57. The van der Waals surface area contributed by atoms with Crippen LogP contribution in [0.5, 0.6) is 0 Å². The standard InChI is InChI=1S/C20H21NO2/c1-13(2)21(3)20(23)19-16(12-22)11-10-15-9-8-14-6-4-5-7-17(14)18(15)19/h4-11,13,22H,12H2,1-3H3. The van der Waals surface area contributed by atoms with E-state index in [1.54, 1.807) is 11.9 Å². The van der Waals surface area contributed by atoms with Crippen molar-refractivity contribution in [3.63, 3.8) is 0 Å². The number of hydrogen-bond acceptors (Lipinski definition) is 2. The second kappa shape index (κ2) is 6.01. The Hall–Kier alpha value is -2.39. The maximum atomic E-state index is 13.0. The van der Waals surface area contributed by atoms with Crippen LogP contribution >= 0.6 is 0 Å². The van der Waals surface area contributed by atoms with E-state index in [0.717, 1.165) is 21.5 Å². The molecule has 1 N–H and O–H groups in total. The SMILES string of the molecule is CC(C)N(C)C(=O)c1c(CO)ccc2ccc3ccccc3c12. The molecule has 3 nitrogen and oxygen atoms in total. The van der Waals surface area contributed by atoms with E-state index < -0.39 is 0 Å². The molecule has 0 aliphatic heterocycles. The zero-order valence-electron chi connectivity index (χ0n) is 13.7. The summed E-state index contributed by atoms with van der Waals surface area (Å²) in [5.74, 6) is -0.0500. The van der Waals surface area contributed by atoms with E-state index in [-0.39, 0.29) is 18.6 Å². The predicted molar refractivity (Wildman–Crippen MR) is 94.6 cm³/mol. The molecule has 0 atom stereocenters. The minimum Gasteiger partial charge on any atom is -0.392 e. The first-order valence-corrected chi connectivity index (χ1v) is 7.86. The number of rotatable bonds is 3. The van der Waals surface area contributed by atoms with Crippen LogP contribution in [-0.2, 0) is 6.61 Å². The maximum absolute atomic E-state index is 13.0. The highest BCUT2D eigenvalue weighted by molar-refractivity contribution is 6.18. The highest BCUT2D eigenvalue weighted by atomic mass is 16.3. The second-order valence-electron chi connectivity index (χ2n) is 6.15. The molecule has 0 bridgehead atoms. The van der Waals surface area contributed by atoms with E-state index in [9.17, 15) is 9.90 Å². The van der Waals surface area contributed by atoms with Crippen LogP contribution in [0, 0.1) is 0 Å². The first kappa shape index (κ1) is 15.5. The van der Waals surface area contributed by atoms with E-state index in [2.05, 4.69) is 6.07 Å². The van der Waals surface area contributed by atoms with E-state index in [0.29, 0.717) is 11.1 Å². The molecular formula is C20H21NO2. The summed E-state index contributed by atoms with van der Waals surface area (Å²) in [5.41, 5.74) is 1.28. The highest BCUT2D eigenvalue weighted by Crippen LogP contribution is 2.31. The van der Waals surface area contributed by atoms with Crippen molar-refractivity contribution < 1.29 is 9.90 Å². The summed E-state index contributed by atoms with van der Waals surface area (Å²) >= 11 is 0. The van der Waals surface area contributed by atoms with E-state index in [1.807, 2.05) is 56.3 Å². The van der Waals surface area contributed by atoms with Gasteiger partial charge in [-0.1, -0.05) is 48.5 Å².